The SMILES string of the molecule is CC(C)(O)c1ccccc1.CCC(O)c1ccccc1. The van der Waals surface area contributed by atoms with Gasteiger partial charge in [-0.25, -0.2) is 0 Å². The van der Waals surface area contributed by atoms with Crippen molar-refractivity contribution in [1.82, 2.24) is 0 Å². The zero-order valence-electron chi connectivity index (χ0n) is 12.5. The van der Waals surface area contributed by atoms with Gasteiger partial charge in [0.2, 0.25) is 0 Å². The summed E-state index contributed by atoms with van der Waals surface area (Å²) in [6.45, 7) is 5.53. The summed E-state index contributed by atoms with van der Waals surface area (Å²) in [5.74, 6) is 0. The summed E-state index contributed by atoms with van der Waals surface area (Å²) in [6, 6.07) is 19.3. The maximum absolute atomic E-state index is 9.49. The molecule has 20 heavy (non-hydrogen) atoms. The van der Waals surface area contributed by atoms with E-state index < -0.39 is 5.60 Å². The fourth-order valence-electron chi connectivity index (χ4n) is 1.76. The van der Waals surface area contributed by atoms with Gasteiger partial charge in [0, 0.05) is 0 Å². The zero-order chi connectivity index (χ0) is 15.0. The predicted molar refractivity (Wildman–Crippen MR) is 83.4 cm³/mol. The maximum Gasteiger partial charge on any atom is 0.0840 e. The average molecular weight is 272 g/mol. The highest BCUT2D eigenvalue weighted by Crippen LogP contribution is 2.17. The summed E-state index contributed by atoms with van der Waals surface area (Å²) < 4.78 is 0. The van der Waals surface area contributed by atoms with E-state index >= 15 is 0 Å². The lowest BCUT2D eigenvalue weighted by molar-refractivity contribution is 0.0786. The lowest BCUT2D eigenvalue weighted by Gasteiger charge is -2.16. The van der Waals surface area contributed by atoms with Gasteiger partial charge in [0.25, 0.3) is 0 Å². The second-order valence-corrected chi connectivity index (χ2v) is 5.26. The quantitative estimate of drug-likeness (QED) is 0.885. The van der Waals surface area contributed by atoms with Crippen LogP contribution in [0.4, 0.5) is 0 Å². The molecule has 0 heterocycles. The van der Waals surface area contributed by atoms with Crippen molar-refractivity contribution in [3.8, 4) is 0 Å². The Bertz CT molecular complexity index is 472. The minimum Gasteiger partial charge on any atom is -0.388 e. The van der Waals surface area contributed by atoms with Crippen molar-refractivity contribution in [1.29, 1.82) is 0 Å². The van der Waals surface area contributed by atoms with Gasteiger partial charge in [-0.2, -0.15) is 0 Å². The number of hydrogen-bond donors (Lipinski definition) is 2. The van der Waals surface area contributed by atoms with Gasteiger partial charge in [0.1, 0.15) is 0 Å². The molecular formula is C18H24O2. The van der Waals surface area contributed by atoms with Gasteiger partial charge < -0.3 is 10.2 Å². The van der Waals surface area contributed by atoms with Crippen LogP contribution in [0.15, 0.2) is 60.7 Å². The monoisotopic (exact) mass is 272 g/mol. The Balaban J connectivity index is 0.000000200. The van der Waals surface area contributed by atoms with Gasteiger partial charge in [0.15, 0.2) is 0 Å². The van der Waals surface area contributed by atoms with E-state index in [-0.39, 0.29) is 6.10 Å². The van der Waals surface area contributed by atoms with Crippen molar-refractivity contribution in [2.75, 3.05) is 0 Å². The Morgan fingerprint density at radius 1 is 0.900 bits per heavy atom. The Kier molecular flexibility index (Phi) is 6.43. The number of aliphatic hydroxyl groups is 2. The third-order valence-electron chi connectivity index (χ3n) is 3.05. The molecule has 2 aromatic rings. The van der Waals surface area contributed by atoms with Gasteiger partial charge in [-0.05, 0) is 31.4 Å². The first kappa shape index (κ1) is 16.4. The molecular weight excluding hydrogens is 248 g/mol. The van der Waals surface area contributed by atoms with Crippen molar-refractivity contribution < 1.29 is 10.2 Å². The first-order chi connectivity index (χ1) is 9.45. The van der Waals surface area contributed by atoms with Gasteiger partial charge in [-0.15, -0.1) is 0 Å². The number of aliphatic hydroxyl groups excluding tert-OH is 1. The smallest absolute Gasteiger partial charge is 0.0840 e. The van der Waals surface area contributed by atoms with Gasteiger partial charge in [-0.3, -0.25) is 0 Å². The van der Waals surface area contributed by atoms with Crippen LogP contribution in [0, 0.1) is 0 Å². The van der Waals surface area contributed by atoms with Gasteiger partial charge in [-0.1, -0.05) is 67.6 Å². The molecule has 0 aliphatic rings. The van der Waals surface area contributed by atoms with Crippen LogP contribution in [0.1, 0.15) is 44.4 Å². The molecule has 1 unspecified atom stereocenters. The highest BCUT2D eigenvalue weighted by molar-refractivity contribution is 5.20. The van der Waals surface area contributed by atoms with Crippen molar-refractivity contribution in [3.05, 3.63) is 71.8 Å². The number of benzene rings is 2. The molecule has 0 aliphatic heterocycles. The maximum atomic E-state index is 9.49. The largest absolute Gasteiger partial charge is 0.388 e. The summed E-state index contributed by atoms with van der Waals surface area (Å²) in [5, 5.41) is 18.8. The third kappa shape index (κ3) is 5.55. The molecule has 0 saturated carbocycles. The van der Waals surface area contributed by atoms with Crippen LogP contribution in [0.2, 0.25) is 0 Å². The molecule has 0 spiro atoms. The summed E-state index contributed by atoms with van der Waals surface area (Å²) >= 11 is 0. The molecule has 0 bridgehead atoms. The molecule has 108 valence electrons. The van der Waals surface area contributed by atoms with Crippen LogP contribution >= 0.6 is 0 Å². The van der Waals surface area contributed by atoms with Crippen LogP contribution in [-0.4, -0.2) is 10.2 Å². The lowest BCUT2D eigenvalue weighted by Crippen LogP contribution is -2.14. The molecule has 2 aromatic carbocycles. The van der Waals surface area contributed by atoms with Crippen LogP contribution in [0.5, 0.6) is 0 Å². The molecule has 0 saturated heterocycles. The standard InChI is InChI=1S/2C9H12O/c1-9(2,10)8-6-4-3-5-7-8;1-2-9(10)8-6-4-3-5-7-8/h3-7,10H,1-2H3;3-7,9-10H,2H2,1H3. The van der Waals surface area contributed by atoms with Crippen molar-refractivity contribution in [2.45, 2.75) is 38.9 Å². The zero-order valence-corrected chi connectivity index (χ0v) is 12.5. The fourth-order valence-corrected chi connectivity index (χ4v) is 1.76. The molecule has 2 N–H and O–H groups in total. The molecule has 2 rings (SSSR count). The molecule has 0 fully saturated rings. The van der Waals surface area contributed by atoms with Crippen molar-refractivity contribution >= 4 is 0 Å². The van der Waals surface area contributed by atoms with E-state index in [2.05, 4.69) is 0 Å². The second kappa shape index (κ2) is 7.83. The van der Waals surface area contributed by atoms with Gasteiger partial charge >= 0.3 is 0 Å². The van der Waals surface area contributed by atoms with E-state index in [1.54, 1.807) is 13.8 Å². The predicted octanol–water partition coefficient (Wildman–Crippen LogP) is 4.04. The third-order valence-corrected chi connectivity index (χ3v) is 3.05. The lowest BCUT2D eigenvalue weighted by atomic mass is 9.99. The summed E-state index contributed by atoms with van der Waals surface area (Å²) in [4.78, 5) is 0. The summed E-state index contributed by atoms with van der Waals surface area (Å²) in [5.41, 5.74) is 1.25. The first-order valence-electron chi connectivity index (χ1n) is 6.96. The summed E-state index contributed by atoms with van der Waals surface area (Å²) in [7, 11) is 0. The highest BCUT2D eigenvalue weighted by Gasteiger charge is 2.13. The molecule has 2 heteroatoms. The van der Waals surface area contributed by atoms with Crippen LogP contribution < -0.4 is 0 Å². The van der Waals surface area contributed by atoms with E-state index in [9.17, 15) is 10.2 Å². The second-order valence-electron chi connectivity index (χ2n) is 5.26. The Morgan fingerprint density at radius 3 is 1.70 bits per heavy atom. The van der Waals surface area contributed by atoms with E-state index in [1.165, 1.54) is 0 Å². The highest BCUT2D eigenvalue weighted by atomic mass is 16.3. The molecule has 0 aliphatic carbocycles. The number of rotatable bonds is 3. The van der Waals surface area contributed by atoms with E-state index in [0.29, 0.717) is 0 Å². The molecule has 1 atom stereocenters. The molecule has 2 nitrogen and oxygen atoms in total. The minimum atomic E-state index is -0.707. The normalized spacial score (nSPS) is 12.2. The van der Waals surface area contributed by atoms with E-state index in [0.717, 1.165) is 17.5 Å². The Labute approximate surface area is 121 Å². The van der Waals surface area contributed by atoms with E-state index in [1.807, 2.05) is 67.6 Å². The molecule has 0 aromatic heterocycles. The fraction of sp³-hybridized carbons (Fsp3) is 0.333. The Morgan fingerprint density at radius 2 is 1.35 bits per heavy atom. The van der Waals surface area contributed by atoms with Crippen molar-refractivity contribution in [2.24, 2.45) is 0 Å². The van der Waals surface area contributed by atoms with Crippen LogP contribution in [0.3, 0.4) is 0 Å². The Hall–Kier alpha value is -1.64. The number of hydrogen-bond acceptors (Lipinski definition) is 2. The average Bonchev–Trinajstić information content (AvgIpc) is 2.48. The topological polar surface area (TPSA) is 40.5 Å². The van der Waals surface area contributed by atoms with Crippen molar-refractivity contribution in [3.63, 3.8) is 0 Å². The van der Waals surface area contributed by atoms with Crippen LogP contribution in [0.25, 0.3) is 0 Å². The molecule has 0 amide bonds. The van der Waals surface area contributed by atoms with Gasteiger partial charge in [0.05, 0.1) is 11.7 Å². The molecule has 0 radical (unpaired) electrons. The van der Waals surface area contributed by atoms with E-state index in [4.69, 9.17) is 0 Å². The minimum absolute atomic E-state index is 0.291. The summed E-state index contributed by atoms with van der Waals surface area (Å²) in [6.07, 6.45) is 0.491. The first-order valence-corrected chi connectivity index (χ1v) is 6.96. The van der Waals surface area contributed by atoms with Crippen LogP contribution in [-0.2, 0) is 5.60 Å².